The molecule has 1 N–H and O–H groups in total. The normalized spacial score (nSPS) is 10.9. The van der Waals surface area contributed by atoms with Crippen LogP contribution in [0.15, 0.2) is 42.9 Å². The lowest BCUT2D eigenvalue weighted by Gasteiger charge is -2.19. The summed E-state index contributed by atoms with van der Waals surface area (Å²) in [5, 5.41) is 2.73. The smallest absolute Gasteiger partial charge is 0.407 e. The van der Waals surface area contributed by atoms with E-state index in [9.17, 15) is 4.79 Å². The van der Waals surface area contributed by atoms with Crippen molar-refractivity contribution in [1.29, 1.82) is 0 Å². The Morgan fingerprint density at radius 1 is 1.26 bits per heavy atom. The van der Waals surface area contributed by atoms with Crippen molar-refractivity contribution in [3.63, 3.8) is 0 Å². The zero-order valence-electron chi connectivity index (χ0n) is 13.6. The number of ether oxygens (including phenoxy) is 2. The number of carbonyl (C=O) groups excluding carboxylic acids is 1. The van der Waals surface area contributed by atoms with Gasteiger partial charge in [0.2, 0.25) is 5.88 Å². The molecule has 2 aromatic rings. The molecule has 0 spiro atoms. The molecule has 0 bridgehead atoms. The molecule has 2 rings (SSSR count). The summed E-state index contributed by atoms with van der Waals surface area (Å²) >= 11 is 0. The molecule has 0 fully saturated rings. The van der Waals surface area contributed by atoms with E-state index in [2.05, 4.69) is 15.3 Å². The van der Waals surface area contributed by atoms with Crippen molar-refractivity contribution in [2.24, 2.45) is 0 Å². The van der Waals surface area contributed by atoms with E-state index in [1.54, 1.807) is 18.6 Å². The Bertz CT molecular complexity index is 639. The molecule has 0 aliphatic carbocycles. The minimum absolute atomic E-state index is 0.413. The zero-order chi connectivity index (χ0) is 16.7. The van der Waals surface area contributed by atoms with Crippen LogP contribution in [0.3, 0.4) is 0 Å². The van der Waals surface area contributed by atoms with Gasteiger partial charge in [-0.3, -0.25) is 4.98 Å². The van der Waals surface area contributed by atoms with E-state index in [-0.39, 0.29) is 0 Å². The predicted molar refractivity (Wildman–Crippen MR) is 86.5 cm³/mol. The number of amides is 1. The largest absolute Gasteiger partial charge is 0.444 e. The Labute approximate surface area is 135 Å². The lowest BCUT2D eigenvalue weighted by atomic mass is 10.1. The number of rotatable bonds is 5. The highest BCUT2D eigenvalue weighted by Crippen LogP contribution is 2.19. The van der Waals surface area contributed by atoms with Crippen molar-refractivity contribution >= 4 is 6.09 Å². The van der Waals surface area contributed by atoms with E-state index in [1.165, 1.54) is 0 Å². The van der Waals surface area contributed by atoms with Gasteiger partial charge >= 0.3 is 6.09 Å². The topological polar surface area (TPSA) is 73.3 Å². The lowest BCUT2D eigenvalue weighted by molar-refractivity contribution is 0.0528. The van der Waals surface area contributed by atoms with Crippen LogP contribution in [-0.4, -0.2) is 28.2 Å². The summed E-state index contributed by atoms with van der Waals surface area (Å²) in [5.41, 5.74) is 0.552. The van der Waals surface area contributed by atoms with Crippen molar-refractivity contribution in [3.05, 3.63) is 48.4 Å². The molecule has 6 nitrogen and oxygen atoms in total. The molecule has 0 radical (unpaired) electrons. The first-order chi connectivity index (χ1) is 10.9. The van der Waals surface area contributed by atoms with Crippen LogP contribution in [0.5, 0.6) is 11.6 Å². The fourth-order valence-corrected chi connectivity index (χ4v) is 1.85. The summed E-state index contributed by atoms with van der Waals surface area (Å²) in [6.07, 6.45) is 4.98. The van der Waals surface area contributed by atoms with Crippen LogP contribution in [0.4, 0.5) is 4.79 Å². The van der Waals surface area contributed by atoms with Gasteiger partial charge in [0.05, 0.1) is 6.20 Å². The van der Waals surface area contributed by atoms with Crippen molar-refractivity contribution in [2.45, 2.75) is 32.8 Å². The Morgan fingerprint density at radius 2 is 2.09 bits per heavy atom. The molecule has 0 aliphatic rings. The zero-order valence-corrected chi connectivity index (χ0v) is 13.6. The van der Waals surface area contributed by atoms with Gasteiger partial charge in [-0.05, 0) is 44.9 Å². The second kappa shape index (κ2) is 7.58. The van der Waals surface area contributed by atoms with Crippen molar-refractivity contribution in [3.8, 4) is 11.6 Å². The van der Waals surface area contributed by atoms with Crippen LogP contribution < -0.4 is 10.1 Å². The maximum atomic E-state index is 11.6. The monoisotopic (exact) mass is 315 g/mol. The summed E-state index contributed by atoms with van der Waals surface area (Å²) in [5.74, 6) is 1.12. The molecule has 0 unspecified atom stereocenters. The van der Waals surface area contributed by atoms with Crippen molar-refractivity contribution in [1.82, 2.24) is 15.3 Å². The number of alkyl carbamates (subject to hydrolysis) is 1. The van der Waals surface area contributed by atoms with Gasteiger partial charge in [-0.25, -0.2) is 9.78 Å². The predicted octanol–water partition coefficient (Wildman–Crippen LogP) is 3.34. The average Bonchev–Trinajstić information content (AvgIpc) is 2.47. The second-order valence-electron chi connectivity index (χ2n) is 5.97. The molecular formula is C17H21N3O3. The van der Waals surface area contributed by atoms with Gasteiger partial charge in [0, 0.05) is 18.9 Å². The molecule has 0 aliphatic heterocycles. The molecular weight excluding hydrogens is 294 g/mol. The molecule has 1 aromatic carbocycles. The second-order valence-corrected chi connectivity index (χ2v) is 5.97. The minimum atomic E-state index is -0.492. The SMILES string of the molecule is CC(C)(C)OC(=O)NCCc1cccc(Oc2cnccn2)c1. The highest BCUT2D eigenvalue weighted by Gasteiger charge is 2.15. The summed E-state index contributed by atoms with van der Waals surface area (Å²) in [6.45, 7) is 5.99. The molecule has 0 saturated carbocycles. The van der Waals surface area contributed by atoms with Gasteiger partial charge in [0.1, 0.15) is 11.4 Å². The quantitative estimate of drug-likeness (QED) is 0.916. The van der Waals surface area contributed by atoms with Crippen LogP contribution in [0.1, 0.15) is 26.3 Å². The summed E-state index contributed by atoms with van der Waals surface area (Å²) in [6, 6.07) is 7.62. The van der Waals surface area contributed by atoms with Gasteiger partial charge < -0.3 is 14.8 Å². The Kier molecular flexibility index (Phi) is 5.51. The van der Waals surface area contributed by atoms with Gasteiger partial charge in [-0.1, -0.05) is 12.1 Å². The van der Waals surface area contributed by atoms with E-state index in [1.807, 2.05) is 45.0 Å². The van der Waals surface area contributed by atoms with Crippen LogP contribution in [0, 0.1) is 0 Å². The number of benzene rings is 1. The third kappa shape index (κ3) is 6.34. The number of hydrogen-bond acceptors (Lipinski definition) is 5. The lowest BCUT2D eigenvalue weighted by Crippen LogP contribution is -2.33. The standard InChI is InChI=1S/C17H21N3O3/c1-17(2,3)23-16(21)20-8-7-13-5-4-6-14(11-13)22-15-12-18-9-10-19-15/h4-6,9-12H,7-8H2,1-3H3,(H,20,21). The van der Waals surface area contributed by atoms with E-state index < -0.39 is 11.7 Å². The van der Waals surface area contributed by atoms with Gasteiger partial charge in [0.25, 0.3) is 0 Å². The van der Waals surface area contributed by atoms with E-state index in [4.69, 9.17) is 9.47 Å². The summed E-state index contributed by atoms with van der Waals surface area (Å²) in [4.78, 5) is 19.6. The maximum absolute atomic E-state index is 11.6. The fraction of sp³-hybridized carbons (Fsp3) is 0.353. The molecule has 122 valence electrons. The number of aromatic nitrogens is 2. The molecule has 23 heavy (non-hydrogen) atoms. The van der Waals surface area contributed by atoms with Gasteiger partial charge in [0.15, 0.2) is 0 Å². The first kappa shape index (κ1) is 16.7. The van der Waals surface area contributed by atoms with Crippen molar-refractivity contribution in [2.75, 3.05) is 6.54 Å². The Morgan fingerprint density at radius 3 is 2.78 bits per heavy atom. The first-order valence-electron chi connectivity index (χ1n) is 7.42. The highest BCUT2D eigenvalue weighted by atomic mass is 16.6. The minimum Gasteiger partial charge on any atom is -0.444 e. The summed E-state index contributed by atoms with van der Waals surface area (Å²) < 4.78 is 10.8. The fourth-order valence-electron chi connectivity index (χ4n) is 1.85. The number of nitrogens with zero attached hydrogens (tertiary/aromatic N) is 2. The van der Waals surface area contributed by atoms with Gasteiger partial charge in [-0.2, -0.15) is 0 Å². The van der Waals surface area contributed by atoms with E-state index in [0.29, 0.717) is 24.6 Å². The van der Waals surface area contributed by atoms with Crippen LogP contribution in [0.2, 0.25) is 0 Å². The molecule has 1 amide bonds. The van der Waals surface area contributed by atoms with E-state index >= 15 is 0 Å². The average molecular weight is 315 g/mol. The maximum Gasteiger partial charge on any atom is 0.407 e. The van der Waals surface area contributed by atoms with Crippen LogP contribution >= 0.6 is 0 Å². The molecule has 6 heteroatoms. The molecule has 1 heterocycles. The third-order valence-corrected chi connectivity index (χ3v) is 2.74. The Hall–Kier alpha value is -2.63. The molecule has 1 aromatic heterocycles. The van der Waals surface area contributed by atoms with Crippen LogP contribution in [-0.2, 0) is 11.2 Å². The third-order valence-electron chi connectivity index (χ3n) is 2.74. The molecule has 0 atom stereocenters. The Balaban J connectivity index is 1.84. The summed E-state index contributed by atoms with van der Waals surface area (Å²) in [7, 11) is 0. The van der Waals surface area contributed by atoms with Crippen molar-refractivity contribution < 1.29 is 14.3 Å². The van der Waals surface area contributed by atoms with Gasteiger partial charge in [-0.15, -0.1) is 0 Å². The number of nitrogens with one attached hydrogen (secondary N) is 1. The molecule has 0 saturated heterocycles. The van der Waals surface area contributed by atoms with Crippen LogP contribution in [0.25, 0.3) is 0 Å². The highest BCUT2D eigenvalue weighted by molar-refractivity contribution is 5.67. The number of hydrogen-bond donors (Lipinski definition) is 1. The first-order valence-corrected chi connectivity index (χ1v) is 7.42. The number of carbonyl (C=O) groups is 1. The van der Waals surface area contributed by atoms with E-state index in [0.717, 1.165) is 5.56 Å².